The Kier molecular flexibility index (Phi) is 4.93. The predicted octanol–water partition coefficient (Wildman–Crippen LogP) is 2.80. The molecule has 1 saturated carbocycles. The molecule has 23 heavy (non-hydrogen) atoms. The van der Waals surface area contributed by atoms with Crippen molar-refractivity contribution >= 4 is 5.91 Å². The fraction of sp³-hybridized carbons (Fsp3) is 0.316. The van der Waals surface area contributed by atoms with Gasteiger partial charge in [0.1, 0.15) is 11.8 Å². The molecule has 120 valence electrons. The summed E-state index contributed by atoms with van der Waals surface area (Å²) in [5.74, 6) is 0.864. The second-order valence-electron chi connectivity index (χ2n) is 5.82. The SMILES string of the molecule is COc1ccccc1CNC(C(=O)NC1CC1)c1ccccc1. The third-order valence-corrected chi connectivity index (χ3v) is 4.01. The highest BCUT2D eigenvalue weighted by molar-refractivity contribution is 5.83. The van der Waals surface area contributed by atoms with Crippen molar-refractivity contribution in [2.24, 2.45) is 0 Å². The normalized spacial score (nSPS) is 15.0. The molecule has 1 atom stereocenters. The first kappa shape index (κ1) is 15.6. The summed E-state index contributed by atoms with van der Waals surface area (Å²) in [6.07, 6.45) is 2.17. The fourth-order valence-corrected chi connectivity index (χ4v) is 2.58. The van der Waals surface area contributed by atoms with E-state index in [0.29, 0.717) is 12.6 Å². The zero-order valence-corrected chi connectivity index (χ0v) is 13.3. The lowest BCUT2D eigenvalue weighted by molar-refractivity contribution is -0.123. The van der Waals surface area contributed by atoms with E-state index in [2.05, 4.69) is 10.6 Å². The van der Waals surface area contributed by atoms with Gasteiger partial charge >= 0.3 is 0 Å². The van der Waals surface area contributed by atoms with Crippen molar-refractivity contribution in [3.8, 4) is 5.75 Å². The maximum Gasteiger partial charge on any atom is 0.241 e. The number of carbonyl (C=O) groups is 1. The monoisotopic (exact) mass is 310 g/mol. The van der Waals surface area contributed by atoms with Gasteiger partial charge in [-0.05, 0) is 24.5 Å². The van der Waals surface area contributed by atoms with Crippen LogP contribution in [0.4, 0.5) is 0 Å². The van der Waals surface area contributed by atoms with Gasteiger partial charge in [-0.2, -0.15) is 0 Å². The molecule has 1 amide bonds. The quantitative estimate of drug-likeness (QED) is 0.827. The van der Waals surface area contributed by atoms with Crippen LogP contribution >= 0.6 is 0 Å². The van der Waals surface area contributed by atoms with Crippen LogP contribution in [-0.4, -0.2) is 19.1 Å². The Morgan fingerprint density at radius 2 is 1.83 bits per heavy atom. The number of para-hydroxylation sites is 1. The smallest absolute Gasteiger partial charge is 0.241 e. The van der Waals surface area contributed by atoms with E-state index < -0.39 is 0 Å². The molecule has 1 aliphatic carbocycles. The second kappa shape index (κ2) is 7.29. The minimum atomic E-state index is -0.360. The number of methoxy groups -OCH3 is 1. The maximum absolute atomic E-state index is 12.6. The summed E-state index contributed by atoms with van der Waals surface area (Å²) in [4.78, 5) is 12.6. The van der Waals surface area contributed by atoms with Crippen molar-refractivity contribution in [1.29, 1.82) is 0 Å². The van der Waals surface area contributed by atoms with Crippen molar-refractivity contribution in [3.63, 3.8) is 0 Å². The van der Waals surface area contributed by atoms with Crippen LogP contribution in [0, 0.1) is 0 Å². The molecule has 1 aliphatic rings. The van der Waals surface area contributed by atoms with Crippen LogP contribution in [0.25, 0.3) is 0 Å². The van der Waals surface area contributed by atoms with E-state index in [1.807, 2.05) is 54.6 Å². The lowest BCUT2D eigenvalue weighted by Gasteiger charge is -2.19. The number of carbonyl (C=O) groups excluding carboxylic acids is 1. The van der Waals surface area contributed by atoms with Crippen LogP contribution in [-0.2, 0) is 11.3 Å². The van der Waals surface area contributed by atoms with Crippen molar-refractivity contribution < 1.29 is 9.53 Å². The van der Waals surface area contributed by atoms with Gasteiger partial charge in [0.25, 0.3) is 0 Å². The van der Waals surface area contributed by atoms with Gasteiger partial charge in [0.05, 0.1) is 7.11 Å². The summed E-state index contributed by atoms with van der Waals surface area (Å²) in [5.41, 5.74) is 2.01. The summed E-state index contributed by atoms with van der Waals surface area (Å²) >= 11 is 0. The van der Waals surface area contributed by atoms with Crippen molar-refractivity contribution in [3.05, 3.63) is 65.7 Å². The Labute approximate surface area is 136 Å². The topological polar surface area (TPSA) is 50.4 Å². The Bertz CT molecular complexity index is 653. The number of benzene rings is 2. The summed E-state index contributed by atoms with van der Waals surface area (Å²) in [7, 11) is 1.66. The molecule has 0 radical (unpaired) electrons. The molecule has 0 heterocycles. The van der Waals surface area contributed by atoms with Crippen LogP contribution in [0.15, 0.2) is 54.6 Å². The highest BCUT2D eigenvalue weighted by atomic mass is 16.5. The van der Waals surface area contributed by atoms with Gasteiger partial charge < -0.3 is 10.1 Å². The maximum atomic E-state index is 12.6. The summed E-state index contributed by atoms with van der Waals surface area (Å²) in [6.45, 7) is 0.571. The predicted molar refractivity (Wildman–Crippen MR) is 90.2 cm³/mol. The Morgan fingerprint density at radius 3 is 2.52 bits per heavy atom. The van der Waals surface area contributed by atoms with E-state index in [-0.39, 0.29) is 11.9 Å². The van der Waals surface area contributed by atoms with Crippen molar-refractivity contribution in [2.45, 2.75) is 31.5 Å². The van der Waals surface area contributed by atoms with E-state index >= 15 is 0 Å². The first-order chi connectivity index (χ1) is 11.3. The molecule has 0 aliphatic heterocycles. The van der Waals surface area contributed by atoms with E-state index in [1.165, 1.54) is 0 Å². The molecule has 3 rings (SSSR count). The highest BCUT2D eigenvalue weighted by Gasteiger charge is 2.28. The molecule has 4 heteroatoms. The lowest BCUT2D eigenvalue weighted by Crippen LogP contribution is -2.38. The number of nitrogens with one attached hydrogen (secondary N) is 2. The zero-order valence-electron chi connectivity index (χ0n) is 13.3. The highest BCUT2D eigenvalue weighted by Crippen LogP contribution is 2.22. The number of rotatable bonds is 7. The van der Waals surface area contributed by atoms with E-state index in [1.54, 1.807) is 7.11 Å². The number of hydrogen-bond donors (Lipinski definition) is 2. The average molecular weight is 310 g/mol. The standard InChI is InChI=1S/C19H22N2O2/c1-23-17-10-6-5-9-15(17)13-20-18(14-7-3-2-4-8-14)19(22)21-16-11-12-16/h2-10,16,18,20H,11-13H2,1H3,(H,21,22). The molecule has 0 spiro atoms. The molecular weight excluding hydrogens is 288 g/mol. The minimum absolute atomic E-state index is 0.0357. The molecule has 2 aromatic carbocycles. The van der Waals surface area contributed by atoms with Gasteiger partial charge in [-0.3, -0.25) is 10.1 Å². The van der Waals surface area contributed by atoms with Gasteiger partial charge in [-0.25, -0.2) is 0 Å². The first-order valence-corrected chi connectivity index (χ1v) is 7.98. The number of amides is 1. The molecule has 0 aromatic heterocycles. The second-order valence-corrected chi connectivity index (χ2v) is 5.82. The molecule has 2 aromatic rings. The zero-order chi connectivity index (χ0) is 16.1. The molecule has 4 nitrogen and oxygen atoms in total. The van der Waals surface area contributed by atoms with Gasteiger partial charge in [-0.1, -0.05) is 48.5 Å². The van der Waals surface area contributed by atoms with E-state index in [4.69, 9.17) is 4.74 Å². The summed E-state index contributed by atoms with van der Waals surface area (Å²) < 4.78 is 5.38. The summed E-state index contributed by atoms with van der Waals surface area (Å²) in [6, 6.07) is 17.7. The Morgan fingerprint density at radius 1 is 1.13 bits per heavy atom. The average Bonchev–Trinajstić information content (AvgIpc) is 3.40. The molecule has 2 N–H and O–H groups in total. The largest absolute Gasteiger partial charge is 0.496 e. The number of hydrogen-bond acceptors (Lipinski definition) is 3. The van der Waals surface area contributed by atoms with Crippen LogP contribution < -0.4 is 15.4 Å². The van der Waals surface area contributed by atoms with Gasteiger partial charge in [0, 0.05) is 18.2 Å². The van der Waals surface area contributed by atoms with Crippen LogP contribution in [0.3, 0.4) is 0 Å². The van der Waals surface area contributed by atoms with Gasteiger partial charge in [0.2, 0.25) is 5.91 Å². The van der Waals surface area contributed by atoms with Crippen LogP contribution in [0.1, 0.15) is 30.0 Å². The molecular formula is C19H22N2O2. The first-order valence-electron chi connectivity index (χ1n) is 7.98. The van der Waals surface area contributed by atoms with Crippen molar-refractivity contribution in [2.75, 3.05) is 7.11 Å². The lowest BCUT2D eigenvalue weighted by atomic mass is 10.1. The Hall–Kier alpha value is -2.33. The fourth-order valence-electron chi connectivity index (χ4n) is 2.58. The number of ether oxygens (including phenoxy) is 1. The van der Waals surface area contributed by atoms with Crippen LogP contribution in [0.5, 0.6) is 5.75 Å². The third-order valence-electron chi connectivity index (χ3n) is 4.01. The minimum Gasteiger partial charge on any atom is -0.496 e. The molecule has 0 saturated heterocycles. The third kappa shape index (κ3) is 4.11. The van der Waals surface area contributed by atoms with Gasteiger partial charge in [0.15, 0.2) is 0 Å². The Balaban J connectivity index is 1.74. The molecule has 1 fully saturated rings. The van der Waals surface area contributed by atoms with Crippen molar-refractivity contribution in [1.82, 2.24) is 10.6 Å². The molecule has 1 unspecified atom stereocenters. The van der Waals surface area contributed by atoms with Crippen LogP contribution in [0.2, 0.25) is 0 Å². The van der Waals surface area contributed by atoms with Gasteiger partial charge in [-0.15, -0.1) is 0 Å². The molecule has 0 bridgehead atoms. The summed E-state index contributed by atoms with van der Waals surface area (Å²) in [5, 5.41) is 6.45. The van der Waals surface area contributed by atoms with E-state index in [0.717, 1.165) is 29.7 Å². The van der Waals surface area contributed by atoms with E-state index in [9.17, 15) is 4.79 Å².